The van der Waals surface area contributed by atoms with Crippen LogP contribution in [0.3, 0.4) is 0 Å². The molecule has 28 heavy (non-hydrogen) atoms. The highest BCUT2D eigenvalue weighted by molar-refractivity contribution is 9.10. The first-order chi connectivity index (χ1) is 13.3. The quantitative estimate of drug-likeness (QED) is 0.571. The molecular weight excluding hydrogens is 445 g/mol. The molecule has 0 aliphatic rings. The van der Waals surface area contributed by atoms with Crippen molar-refractivity contribution < 1.29 is 18.0 Å². The molecule has 1 atom stereocenters. The van der Waals surface area contributed by atoms with Crippen molar-refractivity contribution >= 4 is 31.9 Å². The maximum atomic E-state index is 13.5. The van der Waals surface area contributed by atoms with Crippen LogP contribution < -0.4 is 5.48 Å². The van der Waals surface area contributed by atoms with Crippen LogP contribution in [0.2, 0.25) is 0 Å². The summed E-state index contributed by atoms with van der Waals surface area (Å²) in [5, 5.41) is 0. The highest BCUT2D eigenvalue weighted by atomic mass is 79.9. The summed E-state index contributed by atoms with van der Waals surface area (Å²) in [7, 11) is -2.68. The summed E-state index contributed by atoms with van der Waals surface area (Å²) in [4.78, 5) is 21.6. The third-order valence-corrected chi connectivity index (χ3v) is 6.90. The number of hydrogen-bond donors (Lipinski definition) is 1. The summed E-state index contributed by atoms with van der Waals surface area (Å²) in [5.74, 6) is -0.436. The number of hydrogen-bond acceptors (Lipinski definition) is 5. The number of amides is 1. The highest BCUT2D eigenvalue weighted by Gasteiger charge is 2.37. The predicted octanol–water partition coefficient (Wildman–Crippen LogP) is 3.13. The zero-order valence-corrected chi connectivity index (χ0v) is 18.4. The van der Waals surface area contributed by atoms with E-state index in [2.05, 4.69) is 26.4 Å². The molecule has 0 unspecified atom stereocenters. The number of sulfonamides is 1. The Kier molecular flexibility index (Phi) is 8.11. The van der Waals surface area contributed by atoms with E-state index in [1.165, 1.54) is 17.5 Å². The lowest BCUT2D eigenvalue weighted by atomic mass is 10.0. The van der Waals surface area contributed by atoms with Gasteiger partial charge in [0.05, 0.1) is 12.0 Å². The molecule has 2 aromatic rings. The minimum atomic E-state index is -4.00. The highest BCUT2D eigenvalue weighted by Crippen LogP contribution is 2.29. The number of nitrogens with zero attached hydrogens (tertiary/aromatic N) is 2. The van der Waals surface area contributed by atoms with Crippen LogP contribution in [-0.2, 0) is 26.2 Å². The van der Waals surface area contributed by atoms with Crippen LogP contribution in [0.25, 0.3) is 0 Å². The Labute approximate surface area is 174 Å². The SMILES string of the molecule is CC(C)C[C@H](C(=O)NO[11CH3])N(Cc1cccnc1)S(=O)(=O)c1ccccc1Br. The molecule has 0 aliphatic carbocycles. The van der Waals surface area contributed by atoms with Gasteiger partial charge in [-0.25, -0.2) is 13.9 Å². The molecular formula is C19H24BrN3O4S. The maximum absolute atomic E-state index is 13.5. The van der Waals surface area contributed by atoms with Crippen LogP contribution in [0, 0.1) is 5.92 Å². The zero-order chi connectivity index (χ0) is 20.7. The Morgan fingerprint density at radius 2 is 1.96 bits per heavy atom. The Morgan fingerprint density at radius 3 is 2.54 bits per heavy atom. The Morgan fingerprint density at radius 1 is 1.25 bits per heavy atom. The fourth-order valence-electron chi connectivity index (χ4n) is 2.79. The van der Waals surface area contributed by atoms with E-state index in [1.807, 2.05) is 13.8 Å². The van der Waals surface area contributed by atoms with Gasteiger partial charge in [-0.3, -0.25) is 14.6 Å². The lowest BCUT2D eigenvalue weighted by molar-refractivity contribution is -0.136. The van der Waals surface area contributed by atoms with Crippen LogP contribution in [0.5, 0.6) is 0 Å². The summed E-state index contributed by atoms with van der Waals surface area (Å²) >= 11 is 3.31. The molecule has 152 valence electrons. The van der Waals surface area contributed by atoms with Crippen molar-refractivity contribution in [2.45, 2.75) is 37.8 Å². The summed E-state index contributed by atoms with van der Waals surface area (Å²) in [6.07, 6.45) is 3.53. The van der Waals surface area contributed by atoms with Crippen molar-refractivity contribution in [1.29, 1.82) is 0 Å². The Bertz CT molecular complexity index is 891. The number of carbonyl (C=O) groups is 1. The van der Waals surface area contributed by atoms with E-state index in [-0.39, 0.29) is 17.4 Å². The van der Waals surface area contributed by atoms with Gasteiger partial charge in [-0.1, -0.05) is 32.0 Å². The van der Waals surface area contributed by atoms with Crippen molar-refractivity contribution in [1.82, 2.24) is 14.8 Å². The number of nitrogens with one attached hydrogen (secondary N) is 1. The minimum absolute atomic E-state index is 0.00598. The predicted molar refractivity (Wildman–Crippen MR) is 110 cm³/mol. The number of rotatable bonds is 9. The van der Waals surface area contributed by atoms with Gasteiger partial charge in [0.25, 0.3) is 5.91 Å². The summed E-state index contributed by atoms with van der Waals surface area (Å²) < 4.78 is 28.7. The molecule has 2 rings (SSSR count). The number of benzene rings is 1. The average molecular weight is 469 g/mol. The van der Waals surface area contributed by atoms with Crippen molar-refractivity contribution in [3.8, 4) is 0 Å². The second kappa shape index (κ2) is 10.1. The third kappa shape index (κ3) is 5.60. The Hall–Kier alpha value is -1.81. The van der Waals surface area contributed by atoms with E-state index in [1.54, 1.807) is 42.7 Å². The monoisotopic (exact) mass is 468 g/mol. The molecule has 0 spiro atoms. The van der Waals surface area contributed by atoms with Gasteiger partial charge in [-0.05, 0) is 52.0 Å². The van der Waals surface area contributed by atoms with Crippen molar-refractivity contribution in [3.05, 3.63) is 58.8 Å². The van der Waals surface area contributed by atoms with E-state index < -0.39 is 22.0 Å². The third-order valence-electron chi connectivity index (χ3n) is 4.03. The van der Waals surface area contributed by atoms with Gasteiger partial charge >= 0.3 is 0 Å². The van der Waals surface area contributed by atoms with E-state index in [0.29, 0.717) is 16.5 Å². The molecule has 0 saturated carbocycles. The number of halogens is 1. The van der Waals surface area contributed by atoms with Gasteiger partial charge in [0, 0.05) is 23.4 Å². The fraction of sp³-hybridized carbons (Fsp3) is 0.368. The average Bonchev–Trinajstić information content (AvgIpc) is 2.65. The molecule has 9 heteroatoms. The normalized spacial score (nSPS) is 12.9. The topological polar surface area (TPSA) is 88.6 Å². The molecule has 0 fully saturated rings. The van der Waals surface area contributed by atoms with Gasteiger partial charge in [-0.2, -0.15) is 4.31 Å². The molecule has 1 amide bonds. The van der Waals surface area contributed by atoms with Gasteiger partial charge in [0.1, 0.15) is 6.04 Å². The van der Waals surface area contributed by atoms with Crippen molar-refractivity contribution in [2.24, 2.45) is 5.92 Å². The lowest BCUT2D eigenvalue weighted by Crippen LogP contribution is -2.49. The summed E-state index contributed by atoms with van der Waals surface area (Å²) in [6, 6.07) is 9.10. The first-order valence-electron chi connectivity index (χ1n) is 8.75. The van der Waals surface area contributed by atoms with Gasteiger partial charge in [-0.15, -0.1) is 0 Å². The van der Waals surface area contributed by atoms with Gasteiger partial charge in [0.2, 0.25) is 10.0 Å². The zero-order valence-electron chi connectivity index (χ0n) is 16.0. The summed E-state index contributed by atoms with van der Waals surface area (Å²) in [5.41, 5.74) is 2.96. The summed E-state index contributed by atoms with van der Waals surface area (Å²) in [6.45, 7) is 3.87. The first kappa shape index (κ1) is 22.5. The molecule has 1 aromatic heterocycles. The van der Waals surface area contributed by atoms with Gasteiger partial charge in [0.15, 0.2) is 0 Å². The van der Waals surface area contributed by atoms with E-state index in [4.69, 9.17) is 4.84 Å². The maximum Gasteiger partial charge on any atom is 0.261 e. The van der Waals surface area contributed by atoms with Gasteiger partial charge < -0.3 is 0 Å². The molecule has 0 aliphatic heterocycles. The van der Waals surface area contributed by atoms with E-state index in [9.17, 15) is 13.2 Å². The largest absolute Gasteiger partial charge is 0.277 e. The lowest BCUT2D eigenvalue weighted by Gasteiger charge is -2.31. The minimum Gasteiger partial charge on any atom is -0.277 e. The number of pyridine rings is 1. The van der Waals surface area contributed by atoms with E-state index >= 15 is 0 Å². The van der Waals surface area contributed by atoms with Crippen LogP contribution in [0.4, 0.5) is 0 Å². The van der Waals surface area contributed by atoms with Crippen molar-refractivity contribution in [3.63, 3.8) is 0 Å². The second-order valence-electron chi connectivity index (χ2n) is 6.66. The smallest absolute Gasteiger partial charge is 0.261 e. The molecule has 0 bridgehead atoms. The molecule has 0 radical (unpaired) electrons. The first-order valence-corrected chi connectivity index (χ1v) is 11.0. The molecule has 1 N–H and O–H groups in total. The molecule has 1 aromatic carbocycles. The van der Waals surface area contributed by atoms with E-state index in [0.717, 1.165) is 0 Å². The van der Waals surface area contributed by atoms with Crippen LogP contribution in [-0.4, -0.2) is 36.8 Å². The Balaban J connectivity index is 2.57. The van der Waals surface area contributed by atoms with Crippen LogP contribution in [0.15, 0.2) is 58.2 Å². The molecule has 7 nitrogen and oxygen atoms in total. The van der Waals surface area contributed by atoms with Crippen LogP contribution in [0.1, 0.15) is 25.8 Å². The molecule has 1 heterocycles. The standard InChI is InChI=1S/C19H24BrN3O4S/c1-14(2)11-17(19(24)22-27-3)23(13-15-7-6-10-21-12-15)28(25,26)18-9-5-4-8-16(18)20/h4-10,12,14,17H,11,13H2,1-3H3,(H,22,24)/t17-/m1/s1/i3-1. The molecule has 0 saturated heterocycles. The van der Waals surface area contributed by atoms with Crippen LogP contribution >= 0.6 is 15.9 Å². The number of aromatic nitrogens is 1. The number of carbonyl (C=O) groups excluding carboxylic acids is 1. The number of hydroxylamine groups is 1. The second-order valence-corrected chi connectivity index (χ2v) is 9.37. The van der Waals surface area contributed by atoms with Crippen molar-refractivity contribution in [2.75, 3.05) is 7.11 Å². The fourth-order valence-corrected chi connectivity index (χ4v) is 5.34.